The van der Waals surface area contributed by atoms with Gasteiger partial charge in [-0.15, -0.1) is 11.3 Å². The molecular formula is C20H22N4OS. The molecule has 1 N–H and O–H groups in total. The lowest BCUT2D eigenvalue weighted by atomic mass is 10.1. The van der Waals surface area contributed by atoms with Crippen LogP contribution in [0.25, 0.3) is 10.2 Å². The Labute approximate surface area is 157 Å². The molecule has 1 fully saturated rings. The Morgan fingerprint density at radius 2 is 2.00 bits per heavy atom. The van der Waals surface area contributed by atoms with Crippen LogP contribution in [0.4, 0.5) is 5.82 Å². The number of likely N-dealkylation sites (tertiary alicyclic amines) is 1. The summed E-state index contributed by atoms with van der Waals surface area (Å²) >= 11 is 1.73. The van der Waals surface area contributed by atoms with Crippen molar-refractivity contribution in [2.45, 2.75) is 39.3 Å². The number of thiophene rings is 1. The topological polar surface area (TPSA) is 58.1 Å². The Hall–Kier alpha value is -2.47. The molecule has 1 aliphatic heterocycles. The summed E-state index contributed by atoms with van der Waals surface area (Å²) in [7, 11) is 0. The van der Waals surface area contributed by atoms with Crippen molar-refractivity contribution in [3.63, 3.8) is 0 Å². The van der Waals surface area contributed by atoms with Gasteiger partial charge in [0.15, 0.2) is 0 Å². The number of carbonyl (C=O) groups excluding carboxylic acids is 1. The molecule has 5 nitrogen and oxygen atoms in total. The standard InChI is InChI=1S/C20H22N4OS/c1-2-16-10-17-19(22-13-23-20(17)26-16)21-11-14-5-7-15(8-6-14)12-24-9-3-4-18(24)25/h5-8,10,13H,2-4,9,11-12H2,1H3,(H,21,22,23). The molecule has 0 unspecified atom stereocenters. The van der Waals surface area contributed by atoms with Crippen molar-refractivity contribution in [3.8, 4) is 0 Å². The molecule has 3 heterocycles. The van der Waals surface area contributed by atoms with E-state index in [-0.39, 0.29) is 5.91 Å². The van der Waals surface area contributed by atoms with Crippen LogP contribution in [0.5, 0.6) is 0 Å². The fraction of sp³-hybridized carbons (Fsp3) is 0.350. The second-order valence-electron chi connectivity index (χ2n) is 6.60. The maximum absolute atomic E-state index is 11.7. The highest BCUT2D eigenvalue weighted by Gasteiger charge is 2.19. The molecule has 26 heavy (non-hydrogen) atoms. The number of benzene rings is 1. The molecule has 1 amide bonds. The van der Waals surface area contributed by atoms with Gasteiger partial charge in [-0.2, -0.15) is 0 Å². The smallest absolute Gasteiger partial charge is 0.222 e. The van der Waals surface area contributed by atoms with E-state index in [9.17, 15) is 4.79 Å². The van der Waals surface area contributed by atoms with E-state index in [4.69, 9.17) is 0 Å². The van der Waals surface area contributed by atoms with Crippen molar-refractivity contribution in [1.29, 1.82) is 0 Å². The Kier molecular flexibility index (Phi) is 4.84. The van der Waals surface area contributed by atoms with E-state index in [1.807, 2.05) is 4.90 Å². The molecule has 0 radical (unpaired) electrons. The average Bonchev–Trinajstić information content (AvgIpc) is 3.27. The van der Waals surface area contributed by atoms with Crippen LogP contribution >= 0.6 is 11.3 Å². The number of carbonyl (C=O) groups is 1. The van der Waals surface area contributed by atoms with Gasteiger partial charge in [-0.1, -0.05) is 31.2 Å². The zero-order valence-corrected chi connectivity index (χ0v) is 15.7. The second kappa shape index (κ2) is 7.41. The van der Waals surface area contributed by atoms with E-state index in [1.165, 1.54) is 16.0 Å². The molecule has 3 aromatic rings. The molecule has 0 saturated carbocycles. The maximum atomic E-state index is 11.7. The molecule has 2 aromatic heterocycles. The van der Waals surface area contributed by atoms with Crippen LogP contribution in [0, 0.1) is 0 Å². The minimum Gasteiger partial charge on any atom is -0.365 e. The summed E-state index contributed by atoms with van der Waals surface area (Å²) in [4.78, 5) is 24.8. The van der Waals surface area contributed by atoms with Gasteiger partial charge >= 0.3 is 0 Å². The quantitative estimate of drug-likeness (QED) is 0.717. The van der Waals surface area contributed by atoms with Gasteiger partial charge < -0.3 is 10.2 Å². The number of hydrogen-bond acceptors (Lipinski definition) is 5. The molecule has 1 aliphatic rings. The fourth-order valence-corrected chi connectivity index (χ4v) is 4.20. The lowest BCUT2D eigenvalue weighted by molar-refractivity contribution is -0.128. The Morgan fingerprint density at radius 1 is 1.19 bits per heavy atom. The summed E-state index contributed by atoms with van der Waals surface area (Å²) in [6, 6.07) is 10.6. The van der Waals surface area contributed by atoms with E-state index >= 15 is 0 Å². The van der Waals surface area contributed by atoms with E-state index in [0.29, 0.717) is 19.5 Å². The van der Waals surface area contributed by atoms with E-state index in [2.05, 4.69) is 52.5 Å². The van der Waals surface area contributed by atoms with Gasteiger partial charge in [-0.3, -0.25) is 4.79 Å². The lowest BCUT2D eigenvalue weighted by Crippen LogP contribution is -2.23. The number of nitrogens with one attached hydrogen (secondary N) is 1. The van der Waals surface area contributed by atoms with Gasteiger partial charge in [0, 0.05) is 30.9 Å². The summed E-state index contributed by atoms with van der Waals surface area (Å²) < 4.78 is 0. The maximum Gasteiger partial charge on any atom is 0.222 e. The number of rotatable bonds is 6. The van der Waals surface area contributed by atoms with Crippen LogP contribution in [0.3, 0.4) is 0 Å². The predicted molar refractivity (Wildman–Crippen MR) is 105 cm³/mol. The Balaban J connectivity index is 1.42. The van der Waals surface area contributed by atoms with E-state index < -0.39 is 0 Å². The third-order valence-electron chi connectivity index (χ3n) is 4.76. The highest BCUT2D eigenvalue weighted by atomic mass is 32.1. The molecule has 4 rings (SSSR count). The van der Waals surface area contributed by atoms with Gasteiger partial charge in [0.2, 0.25) is 5.91 Å². The summed E-state index contributed by atoms with van der Waals surface area (Å²) in [5, 5.41) is 4.53. The largest absolute Gasteiger partial charge is 0.365 e. The molecule has 134 valence electrons. The fourth-order valence-electron chi connectivity index (χ4n) is 3.26. The van der Waals surface area contributed by atoms with Crippen LogP contribution < -0.4 is 5.32 Å². The number of fused-ring (bicyclic) bond motifs is 1. The molecule has 1 aromatic carbocycles. The minimum atomic E-state index is 0.269. The summed E-state index contributed by atoms with van der Waals surface area (Å²) in [5.41, 5.74) is 2.37. The van der Waals surface area contributed by atoms with Crippen LogP contribution in [-0.2, 0) is 24.3 Å². The molecule has 0 spiro atoms. The molecule has 0 atom stereocenters. The normalized spacial score (nSPS) is 14.3. The van der Waals surface area contributed by atoms with Gasteiger partial charge in [0.25, 0.3) is 0 Å². The molecule has 0 bridgehead atoms. The third-order valence-corrected chi connectivity index (χ3v) is 5.94. The van der Waals surface area contributed by atoms with Crippen molar-refractivity contribution < 1.29 is 4.79 Å². The second-order valence-corrected chi connectivity index (χ2v) is 7.71. The Bertz CT molecular complexity index is 919. The van der Waals surface area contributed by atoms with Crippen LogP contribution in [-0.4, -0.2) is 27.3 Å². The first-order valence-electron chi connectivity index (χ1n) is 9.06. The van der Waals surface area contributed by atoms with Gasteiger partial charge in [-0.05, 0) is 30.0 Å². The van der Waals surface area contributed by atoms with Gasteiger partial charge in [0.1, 0.15) is 17.0 Å². The highest BCUT2D eigenvalue weighted by Crippen LogP contribution is 2.28. The van der Waals surface area contributed by atoms with Crippen LogP contribution in [0.1, 0.15) is 35.8 Å². The number of hydrogen-bond donors (Lipinski definition) is 1. The van der Waals surface area contributed by atoms with Crippen molar-refractivity contribution in [3.05, 3.63) is 52.7 Å². The highest BCUT2D eigenvalue weighted by molar-refractivity contribution is 7.18. The van der Waals surface area contributed by atoms with Crippen molar-refractivity contribution in [2.75, 3.05) is 11.9 Å². The van der Waals surface area contributed by atoms with Gasteiger partial charge in [-0.25, -0.2) is 9.97 Å². The summed E-state index contributed by atoms with van der Waals surface area (Å²) in [6.45, 7) is 4.47. The molecule has 6 heteroatoms. The van der Waals surface area contributed by atoms with Crippen molar-refractivity contribution in [1.82, 2.24) is 14.9 Å². The minimum absolute atomic E-state index is 0.269. The lowest BCUT2D eigenvalue weighted by Gasteiger charge is -2.15. The van der Waals surface area contributed by atoms with Crippen LogP contribution in [0.2, 0.25) is 0 Å². The van der Waals surface area contributed by atoms with Crippen molar-refractivity contribution >= 4 is 33.3 Å². The van der Waals surface area contributed by atoms with E-state index in [0.717, 1.165) is 35.4 Å². The number of nitrogens with zero attached hydrogens (tertiary/aromatic N) is 3. The van der Waals surface area contributed by atoms with Crippen molar-refractivity contribution in [2.24, 2.45) is 0 Å². The van der Waals surface area contributed by atoms with Gasteiger partial charge in [0.05, 0.1) is 5.39 Å². The summed E-state index contributed by atoms with van der Waals surface area (Å²) in [6.07, 6.45) is 4.31. The monoisotopic (exact) mass is 366 g/mol. The number of amides is 1. The molecular weight excluding hydrogens is 344 g/mol. The number of anilines is 1. The average molecular weight is 366 g/mol. The zero-order chi connectivity index (χ0) is 17.9. The predicted octanol–water partition coefficient (Wildman–Crippen LogP) is 3.99. The molecule has 0 aliphatic carbocycles. The van der Waals surface area contributed by atoms with Crippen LogP contribution in [0.15, 0.2) is 36.7 Å². The Morgan fingerprint density at radius 3 is 2.73 bits per heavy atom. The molecule has 1 saturated heterocycles. The van der Waals surface area contributed by atoms with E-state index in [1.54, 1.807) is 17.7 Å². The first-order chi connectivity index (χ1) is 12.7. The SMILES string of the molecule is CCc1cc2c(NCc3ccc(CN4CCCC4=O)cc3)ncnc2s1. The summed E-state index contributed by atoms with van der Waals surface area (Å²) in [5.74, 6) is 1.16. The first kappa shape index (κ1) is 17.0. The zero-order valence-electron chi connectivity index (χ0n) is 14.9. The number of aryl methyl sites for hydroxylation is 1. The third kappa shape index (κ3) is 3.55. The number of aromatic nitrogens is 2. The first-order valence-corrected chi connectivity index (χ1v) is 9.87.